The van der Waals surface area contributed by atoms with Crippen LogP contribution in [0.3, 0.4) is 0 Å². The molecule has 0 saturated heterocycles. The molecule has 0 aliphatic heterocycles. The van der Waals surface area contributed by atoms with Crippen molar-refractivity contribution in [3.63, 3.8) is 0 Å². The van der Waals surface area contributed by atoms with Gasteiger partial charge in [0.1, 0.15) is 13.2 Å². The largest absolute Gasteiger partial charge is 0.460 e. The van der Waals surface area contributed by atoms with E-state index in [1.54, 1.807) is 12.1 Å². The van der Waals surface area contributed by atoms with Crippen molar-refractivity contribution in [3.8, 4) is 0 Å². The van der Waals surface area contributed by atoms with Crippen LogP contribution in [0.5, 0.6) is 0 Å². The first-order chi connectivity index (χ1) is 10.6. The summed E-state index contributed by atoms with van der Waals surface area (Å²) in [4.78, 5) is 23.9. The molecule has 1 heterocycles. The van der Waals surface area contributed by atoms with Crippen LogP contribution in [0, 0.1) is 0 Å². The maximum Gasteiger partial charge on any atom is 0.325 e. The lowest BCUT2D eigenvalue weighted by Crippen LogP contribution is -2.30. The Morgan fingerprint density at radius 2 is 1.91 bits per heavy atom. The van der Waals surface area contributed by atoms with Gasteiger partial charge in [-0.3, -0.25) is 9.59 Å². The van der Waals surface area contributed by atoms with Crippen molar-refractivity contribution in [2.75, 3.05) is 6.54 Å². The summed E-state index contributed by atoms with van der Waals surface area (Å²) in [5, 5.41) is 4.36. The van der Waals surface area contributed by atoms with E-state index in [0.717, 1.165) is 5.56 Å². The van der Waals surface area contributed by atoms with Gasteiger partial charge in [-0.1, -0.05) is 44.2 Å². The Labute approximate surface area is 134 Å². The summed E-state index contributed by atoms with van der Waals surface area (Å²) in [5.41, 5.74) is 2.18. The Kier molecular flexibility index (Phi) is 5.72. The first-order valence-corrected chi connectivity index (χ1v) is 8.00. The van der Waals surface area contributed by atoms with Gasteiger partial charge in [0.2, 0.25) is 0 Å². The van der Waals surface area contributed by atoms with E-state index in [1.165, 1.54) is 16.9 Å². The molecule has 0 saturated carbocycles. The minimum absolute atomic E-state index is 0.124. The second kappa shape index (κ2) is 7.75. The average Bonchev–Trinajstić information content (AvgIpc) is 3.05. The van der Waals surface area contributed by atoms with Crippen LogP contribution in [0.15, 0.2) is 41.8 Å². The molecule has 1 N–H and O–H groups in total. The fourth-order valence-corrected chi connectivity index (χ4v) is 2.50. The van der Waals surface area contributed by atoms with Crippen molar-refractivity contribution >= 4 is 23.2 Å². The molecule has 0 bridgehead atoms. The number of carbonyl (C=O) groups is 2. The number of ether oxygens (including phenoxy) is 1. The molecule has 0 atom stereocenters. The van der Waals surface area contributed by atoms with Gasteiger partial charge in [0.05, 0.1) is 4.88 Å². The van der Waals surface area contributed by atoms with E-state index in [2.05, 4.69) is 19.2 Å². The van der Waals surface area contributed by atoms with Crippen molar-refractivity contribution in [1.82, 2.24) is 5.32 Å². The molecule has 0 radical (unpaired) electrons. The molecule has 4 nitrogen and oxygen atoms in total. The highest BCUT2D eigenvalue weighted by atomic mass is 32.1. The topological polar surface area (TPSA) is 55.4 Å². The molecular weight excluding hydrogens is 298 g/mol. The number of thiophene rings is 1. The van der Waals surface area contributed by atoms with Crippen LogP contribution < -0.4 is 5.32 Å². The third-order valence-corrected chi connectivity index (χ3v) is 4.05. The van der Waals surface area contributed by atoms with Gasteiger partial charge in [0.15, 0.2) is 0 Å². The van der Waals surface area contributed by atoms with E-state index in [4.69, 9.17) is 4.74 Å². The monoisotopic (exact) mass is 317 g/mol. The molecule has 2 aromatic rings. The van der Waals surface area contributed by atoms with Crippen LogP contribution in [0.2, 0.25) is 0 Å². The second-order valence-electron chi connectivity index (χ2n) is 5.22. The number of benzene rings is 1. The maximum atomic E-state index is 11.7. The lowest BCUT2D eigenvalue weighted by Gasteiger charge is -2.08. The standard InChI is InChI=1S/C17H19NO3S/c1-12(2)14-7-5-13(6-8-14)11-21-16(19)10-18-17(20)15-4-3-9-22-15/h3-9,12H,10-11H2,1-2H3,(H,18,20). The number of carbonyl (C=O) groups excluding carboxylic acids is 2. The van der Waals surface area contributed by atoms with Crippen LogP contribution in [-0.2, 0) is 16.1 Å². The Hall–Kier alpha value is -2.14. The smallest absolute Gasteiger partial charge is 0.325 e. The van der Waals surface area contributed by atoms with Crippen LogP contribution in [0.4, 0.5) is 0 Å². The number of rotatable bonds is 6. The molecule has 0 aliphatic rings. The summed E-state index contributed by atoms with van der Waals surface area (Å²) < 4.78 is 5.15. The summed E-state index contributed by atoms with van der Waals surface area (Å²) in [5.74, 6) is -0.227. The fraction of sp³-hybridized carbons (Fsp3) is 0.294. The predicted octanol–water partition coefficient (Wildman–Crippen LogP) is 3.34. The molecule has 0 unspecified atom stereocenters. The van der Waals surface area contributed by atoms with Crippen LogP contribution >= 0.6 is 11.3 Å². The Morgan fingerprint density at radius 3 is 2.50 bits per heavy atom. The number of hydrogen-bond donors (Lipinski definition) is 1. The Balaban J connectivity index is 1.74. The van der Waals surface area contributed by atoms with Gasteiger partial charge in [-0.15, -0.1) is 11.3 Å². The highest BCUT2D eigenvalue weighted by Gasteiger charge is 2.09. The highest BCUT2D eigenvalue weighted by Crippen LogP contribution is 2.15. The zero-order valence-corrected chi connectivity index (χ0v) is 13.5. The molecule has 5 heteroatoms. The molecule has 1 amide bonds. The molecular formula is C17H19NO3S. The molecule has 2 rings (SSSR count). The van der Waals surface area contributed by atoms with Crippen molar-refractivity contribution in [2.45, 2.75) is 26.4 Å². The number of nitrogens with one attached hydrogen (secondary N) is 1. The number of esters is 1. The summed E-state index contributed by atoms with van der Waals surface area (Å²) in [6, 6.07) is 11.5. The van der Waals surface area contributed by atoms with Crippen molar-refractivity contribution in [2.24, 2.45) is 0 Å². The van der Waals surface area contributed by atoms with Crippen molar-refractivity contribution in [3.05, 3.63) is 57.8 Å². The first-order valence-electron chi connectivity index (χ1n) is 7.12. The van der Waals surface area contributed by atoms with E-state index in [1.807, 2.05) is 29.6 Å². The van der Waals surface area contributed by atoms with Crippen molar-refractivity contribution in [1.29, 1.82) is 0 Å². The summed E-state index contributed by atoms with van der Waals surface area (Å²) in [6.07, 6.45) is 0. The third-order valence-electron chi connectivity index (χ3n) is 3.18. The normalized spacial score (nSPS) is 10.5. The molecule has 116 valence electrons. The molecule has 1 aromatic heterocycles. The van der Waals surface area contributed by atoms with Crippen molar-refractivity contribution < 1.29 is 14.3 Å². The second-order valence-corrected chi connectivity index (χ2v) is 6.16. The molecule has 1 aromatic carbocycles. The Morgan fingerprint density at radius 1 is 1.18 bits per heavy atom. The summed E-state index contributed by atoms with van der Waals surface area (Å²) in [7, 11) is 0. The third kappa shape index (κ3) is 4.70. The van der Waals surface area contributed by atoms with Crippen LogP contribution in [0.1, 0.15) is 40.6 Å². The maximum absolute atomic E-state index is 11.7. The quantitative estimate of drug-likeness (QED) is 0.831. The zero-order valence-electron chi connectivity index (χ0n) is 12.7. The van der Waals surface area contributed by atoms with Gasteiger partial charge in [-0.2, -0.15) is 0 Å². The fourth-order valence-electron chi connectivity index (χ4n) is 1.86. The number of amides is 1. The van der Waals surface area contributed by atoms with Gasteiger partial charge in [-0.05, 0) is 28.5 Å². The van der Waals surface area contributed by atoms with Gasteiger partial charge < -0.3 is 10.1 Å². The first kappa shape index (κ1) is 16.2. The molecule has 0 aliphatic carbocycles. The van der Waals surface area contributed by atoms with Gasteiger partial charge in [0, 0.05) is 0 Å². The SMILES string of the molecule is CC(C)c1ccc(COC(=O)CNC(=O)c2cccs2)cc1. The van der Waals surface area contributed by atoms with Gasteiger partial charge >= 0.3 is 5.97 Å². The van der Waals surface area contributed by atoms with Gasteiger partial charge in [0.25, 0.3) is 5.91 Å². The average molecular weight is 317 g/mol. The lowest BCUT2D eigenvalue weighted by atomic mass is 10.0. The van der Waals surface area contributed by atoms with Crippen LogP contribution in [0.25, 0.3) is 0 Å². The minimum Gasteiger partial charge on any atom is -0.460 e. The van der Waals surface area contributed by atoms with E-state index in [-0.39, 0.29) is 19.1 Å². The van der Waals surface area contributed by atoms with E-state index in [0.29, 0.717) is 10.8 Å². The molecule has 22 heavy (non-hydrogen) atoms. The van der Waals surface area contributed by atoms with Crippen LogP contribution in [-0.4, -0.2) is 18.4 Å². The van der Waals surface area contributed by atoms with E-state index >= 15 is 0 Å². The molecule has 0 fully saturated rings. The summed E-state index contributed by atoms with van der Waals surface area (Å²) >= 11 is 1.33. The van der Waals surface area contributed by atoms with E-state index < -0.39 is 5.97 Å². The zero-order chi connectivity index (χ0) is 15.9. The number of hydrogen-bond acceptors (Lipinski definition) is 4. The minimum atomic E-state index is -0.446. The van der Waals surface area contributed by atoms with E-state index in [9.17, 15) is 9.59 Å². The Bertz CT molecular complexity index is 618. The highest BCUT2D eigenvalue weighted by molar-refractivity contribution is 7.12. The summed E-state index contributed by atoms with van der Waals surface area (Å²) in [6.45, 7) is 4.35. The van der Waals surface area contributed by atoms with Gasteiger partial charge in [-0.25, -0.2) is 0 Å². The predicted molar refractivity (Wildman–Crippen MR) is 87.0 cm³/mol. The lowest BCUT2D eigenvalue weighted by molar-refractivity contribution is -0.143. The molecule has 0 spiro atoms.